The predicted molar refractivity (Wildman–Crippen MR) is 89.8 cm³/mol. The van der Waals surface area contributed by atoms with E-state index in [1.54, 1.807) is 12.1 Å². The smallest absolute Gasteiger partial charge is 0.373 e. The summed E-state index contributed by atoms with van der Waals surface area (Å²) in [4.78, 5) is 27.1. The molecule has 3 aromatic rings. The van der Waals surface area contributed by atoms with Crippen molar-refractivity contribution in [3.05, 3.63) is 52.9 Å². The third-order valence-corrected chi connectivity index (χ3v) is 4.35. The third kappa shape index (κ3) is 3.36. The number of benzene rings is 1. The van der Waals surface area contributed by atoms with Crippen molar-refractivity contribution in [2.75, 3.05) is 7.11 Å². The standard InChI is InChI=1S/C17H13NO5S/c1-22-17(21)13-7-6-11(23-13)8-10(9-15(19)20)16-18-12-4-2-3-5-14(12)24-16/h2-8H,9H2,1H3,(H,19,20)/b10-8-. The van der Waals surface area contributed by atoms with Crippen molar-refractivity contribution in [3.8, 4) is 0 Å². The first-order valence-electron chi connectivity index (χ1n) is 7.03. The van der Waals surface area contributed by atoms with Gasteiger partial charge in [-0.3, -0.25) is 4.79 Å². The van der Waals surface area contributed by atoms with Crippen molar-refractivity contribution in [3.63, 3.8) is 0 Å². The molecule has 0 fully saturated rings. The molecule has 122 valence electrons. The van der Waals surface area contributed by atoms with Gasteiger partial charge in [0, 0.05) is 5.57 Å². The highest BCUT2D eigenvalue weighted by molar-refractivity contribution is 7.19. The van der Waals surface area contributed by atoms with Gasteiger partial charge in [-0.15, -0.1) is 11.3 Å². The Balaban J connectivity index is 2.00. The van der Waals surface area contributed by atoms with Gasteiger partial charge in [-0.05, 0) is 30.3 Å². The summed E-state index contributed by atoms with van der Waals surface area (Å²) in [6.07, 6.45) is 1.38. The molecule has 7 heteroatoms. The Bertz CT molecular complexity index is 904. The minimum absolute atomic E-state index is 0.0581. The number of methoxy groups -OCH3 is 1. The lowest BCUT2D eigenvalue weighted by Gasteiger charge is -1.99. The van der Waals surface area contributed by atoms with Gasteiger partial charge in [0.1, 0.15) is 10.8 Å². The molecule has 0 atom stereocenters. The molecule has 0 aliphatic carbocycles. The van der Waals surface area contributed by atoms with Crippen molar-refractivity contribution >= 4 is 45.1 Å². The number of carboxylic acids is 1. The number of hydrogen-bond acceptors (Lipinski definition) is 6. The van der Waals surface area contributed by atoms with E-state index < -0.39 is 11.9 Å². The van der Waals surface area contributed by atoms with Crippen LogP contribution in [0, 0.1) is 0 Å². The minimum Gasteiger partial charge on any atom is -0.481 e. The van der Waals surface area contributed by atoms with Crippen molar-refractivity contribution < 1.29 is 23.8 Å². The van der Waals surface area contributed by atoms with Crippen LogP contribution < -0.4 is 0 Å². The van der Waals surface area contributed by atoms with E-state index in [4.69, 9.17) is 9.52 Å². The lowest BCUT2D eigenvalue weighted by Crippen LogP contribution is -1.98. The molecule has 0 bridgehead atoms. The van der Waals surface area contributed by atoms with E-state index in [2.05, 4.69) is 9.72 Å². The molecule has 6 nitrogen and oxygen atoms in total. The summed E-state index contributed by atoms with van der Waals surface area (Å²) in [5, 5.41) is 9.77. The number of aliphatic carboxylic acids is 1. The Labute approximate surface area is 141 Å². The van der Waals surface area contributed by atoms with Gasteiger partial charge in [-0.2, -0.15) is 0 Å². The average molecular weight is 343 g/mol. The highest BCUT2D eigenvalue weighted by Gasteiger charge is 2.15. The number of thiazole rings is 1. The quantitative estimate of drug-likeness (QED) is 0.711. The van der Waals surface area contributed by atoms with E-state index in [-0.39, 0.29) is 12.2 Å². The molecular formula is C17H13NO5S. The van der Waals surface area contributed by atoms with Crippen molar-refractivity contribution in [1.29, 1.82) is 0 Å². The van der Waals surface area contributed by atoms with Gasteiger partial charge >= 0.3 is 11.9 Å². The van der Waals surface area contributed by atoms with Crippen LogP contribution >= 0.6 is 11.3 Å². The summed E-state index contributed by atoms with van der Waals surface area (Å²) >= 11 is 1.41. The largest absolute Gasteiger partial charge is 0.481 e. The highest BCUT2D eigenvalue weighted by Crippen LogP contribution is 2.30. The summed E-state index contributed by atoms with van der Waals surface area (Å²) in [6, 6.07) is 10.6. The number of aromatic nitrogens is 1. The van der Waals surface area contributed by atoms with Crippen molar-refractivity contribution in [1.82, 2.24) is 4.98 Å². The van der Waals surface area contributed by atoms with Crippen LogP contribution in [0.3, 0.4) is 0 Å². The zero-order valence-corrected chi connectivity index (χ0v) is 13.5. The number of esters is 1. The van der Waals surface area contributed by atoms with Crippen molar-refractivity contribution in [2.24, 2.45) is 0 Å². The Morgan fingerprint density at radius 2 is 2.08 bits per heavy atom. The second kappa shape index (κ2) is 6.67. The van der Waals surface area contributed by atoms with Gasteiger partial charge in [0.05, 0.1) is 23.7 Å². The molecule has 2 aromatic heterocycles. The van der Waals surface area contributed by atoms with Crippen LogP contribution in [0.15, 0.2) is 40.8 Å². The van der Waals surface area contributed by atoms with Crippen LogP contribution in [-0.4, -0.2) is 29.1 Å². The number of nitrogens with zero attached hydrogens (tertiary/aromatic N) is 1. The van der Waals surface area contributed by atoms with Crippen LogP contribution in [-0.2, 0) is 9.53 Å². The topological polar surface area (TPSA) is 89.6 Å². The fourth-order valence-electron chi connectivity index (χ4n) is 2.17. The number of rotatable bonds is 5. The molecule has 1 N–H and O–H groups in total. The van der Waals surface area contributed by atoms with Gasteiger partial charge in [0.15, 0.2) is 0 Å². The van der Waals surface area contributed by atoms with Gasteiger partial charge in [-0.25, -0.2) is 9.78 Å². The summed E-state index contributed by atoms with van der Waals surface area (Å²) in [5.74, 6) is -1.14. The van der Waals surface area contributed by atoms with Crippen LogP contribution in [0.1, 0.15) is 27.7 Å². The predicted octanol–water partition coefficient (Wildman–Crippen LogP) is 3.69. The maximum atomic E-state index is 11.4. The molecule has 1 aromatic carbocycles. The number of carbonyl (C=O) groups is 2. The first-order valence-corrected chi connectivity index (χ1v) is 7.85. The Kier molecular flexibility index (Phi) is 4.43. The van der Waals surface area contributed by atoms with Crippen LogP contribution in [0.4, 0.5) is 0 Å². The minimum atomic E-state index is -0.972. The van der Waals surface area contributed by atoms with Crippen LogP contribution in [0.2, 0.25) is 0 Å². The monoisotopic (exact) mass is 343 g/mol. The lowest BCUT2D eigenvalue weighted by atomic mass is 10.1. The molecule has 0 saturated carbocycles. The zero-order valence-electron chi connectivity index (χ0n) is 12.7. The molecule has 0 amide bonds. The molecule has 0 spiro atoms. The number of fused-ring (bicyclic) bond motifs is 1. The Morgan fingerprint density at radius 1 is 1.29 bits per heavy atom. The SMILES string of the molecule is COC(=O)c1ccc(/C=C(/CC(=O)O)c2nc3ccccc3s2)o1. The second-order valence-corrected chi connectivity index (χ2v) is 5.95. The average Bonchev–Trinajstić information content (AvgIpc) is 3.19. The maximum absolute atomic E-state index is 11.4. The molecule has 2 heterocycles. The first kappa shape index (κ1) is 15.9. The van der Waals surface area contributed by atoms with Gasteiger partial charge in [0.25, 0.3) is 0 Å². The molecule has 0 saturated heterocycles. The molecule has 0 aliphatic rings. The Morgan fingerprint density at radius 3 is 2.79 bits per heavy atom. The molecule has 0 aliphatic heterocycles. The van der Waals surface area contributed by atoms with Crippen molar-refractivity contribution in [2.45, 2.75) is 6.42 Å². The molecule has 24 heavy (non-hydrogen) atoms. The van der Waals surface area contributed by atoms with E-state index in [0.717, 1.165) is 10.2 Å². The summed E-state index contributed by atoms with van der Waals surface area (Å²) in [5.41, 5.74) is 1.32. The molecule has 0 radical (unpaired) electrons. The van der Waals surface area contributed by atoms with Gasteiger partial charge < -0.3 is 14.3 Å². The number of furan rings is 1. The number of para-hydroxylation sites is 1. The van der Waals surface area contributed by atoms with E-state index in [1.165, 1.54) is 24.5 Å². The zero-order chi connectivity index (χ0) is 17.1. The molecular weight excluding hydrogens is 330 g/mol. The highest BCUT2D eigenvalue weighted by atomic mass is 32.1. The van der Waals surface area contributed by atoms with E-state index in [0.29, 0.717) is 16.3 Å². The molecule has 3 rings (SSSR count). The second-order valence-electron chi connectivity index (χ2n) is 4.92. The first-order chi connectivity index (χ1) is 11.6. The fraction of sp³-hybridized carbons (Fsp3) is 0.118. The van der Waals surface area contributed by atoms with Crippen LogP contribution in [0.25, 0.3) is 21.9 Å². The lowest BCUT2D eigenvalue weighted by molar-refractivity contribution is -0.135. The van der Waals surface area contributed by atoms with Gasteiger partial charge in [-0.1, -0.05) is 12.1 Å². The third-order valence-electron chi connectivity index (χ3n) is 3.24. The summed E-state index contributed by atoms with van der Waals surface area (Å²) in [7, 11) is 1.26. The number of hydrogen-bond donors (Lipinski definition) is 1. The number of carbonyl (C=O) groups excluding carboxylic acids is 1. The number of ether oxygens (including phenoxy) is 1. The number of carboxylic acid groups (broad SMARTS) is 1. The van der Waals surface area contributed by atoms with Gasteiger partial charge in [0.2, 0.25) is 5.76 Å². The maximum Gasteiger partial charge on any atom is 0.373 e. The van der Waals surface area contributed by atoms with E-state index in [1.807, 2.05) is 24.3 Å². The molecule has 0 unspecified atom stereocenters. The summed E-state index contributed by atoms with van der Waals surface area (Å²) in [6.45, 7) is 0. The summed E-state index contributed by atoms with van der Waals surface area (Å²) < 4.78 is 10.9. The van der Waals surface area contributed by atoms with Crippen LogP contribution in [0.5, 0.6) is 0 Å². The normalized spacial score (nSPS) is 11.6. The fourth-order valence-corrected chi connectivity index (χ4v) is 3.15. The van der Waals surface area contributed by atoms with E-state index >= 15 is 0 Å². The Hall–Kier alpha value is -2.93. The van der Waals surface area contributed by atoms with E-state index in [9.17, 15) is 9.59 Å².